The van der Waals surface area contributed by atoms with Crippen molar-refractivity contribution >= 4 is 11.8 Å². The van der Waals surface area contributed by atoms with E-state index in [1.54, 1.807) is 0 Å². The van der Waals surface area contributed by atoms with Crippen LogP contribution in [-0.4, -0.2) is 30.1 Å². The highest BCUT2D eigenvalue weighted by Crippen LogP contribution is 2.27. The summed E-state index contributed by atoms with van der Waals surface area (Å²) in [5, 5.41) is 9.50. The molecule has 2 N–H and O–H groups in total. The molecule has 0 aliphatic carbocycles. The highest BCUT2D eigenvalue weighted by atomic mass is 16.5. The Morgan fingerprint density at radius 1 is 0.960 bits per heavy atom. The van der Waals surface area contributed by atoms with Crippen LogP contribution in [0.1, 0.15) is 60.6 Å². The van der Waals surface area contributed by atoms with Crippen molar-refractivity contribution in [2.24, 2.45) is 0 Å². The van der Waals surface area contributed by atoms with E-state index in [1.165, 1.54) is 0 Å². The molecule has 0 saturated heterocycles. The van der Waals surface area contributed by atoms with Gasteiger partial charge in [-0.3, -0.25) is 9.59 Å². The van der Waals surface area contributed by atoms with Crippen molar-refractivity contribution in [3.8, 4) is 11.1 Å². The molecular weight excluding hydrogens is 318 g/mol. The first-order valence-corrected chi connectivity index (χ1v) is 8.80. The van der Waals surface area contributed by atoms with Crippen LogP contribution in [0, 0.1) is 0 Å². The number of rotatable bonds is 9. The number of amides is 2. The van der Waals surface area contributed by atoms with Crippen molar-refractivity contribution in [3.63, 3.8) is 0 Å². The lowest BCUT2D eigenvalue weighted by atomic mass is 10.0. The summed E-state index contributed by atoms with van der Waals surface area (Å²) in [5.74, 6) is -0.612. The van der Waals surface area contributed by atoms with Gasteiger partial charge in [0.05, 0.1) is 5.56 Å². The summed E-state index contributed by atoms with van der Waals surface area (Å²) in [7, 11) is 0. The molecule has 134 valence electrons. The Balaban J connectivity index is 2.31. The molecule has 1 aromatic heterocycles. The first-order chi connectivity index (χ1) is 12.2. The molecule has 6 nitrogen and oxygen atoms in total. The highest BCUT2D eigenvalue weighted by Gasteiger charge is 2.27. The summed E-state index contributed by atoms with van der Waals surface area (Å²) < 4.78 is 5.25. The van der Waals surface area contributed by atoms with Crippen molar-refractivity contribution in [2.75, 3.05) is 13.1 Å². The summed E-state index contributed by atoms with van der Waals surface area (Å²) in [4.78, 5) is 24.9. The smallest absolute Gasteiger partial charge is 0.290 e. The maximum Gasteiger partial charge on any atom is 0.290 e. The second-order valence-corrected chi connectivity index (χ2v) is 5.82. The van der Waals surface area contributed by atoms with E-state index in [9.17, 15) is 9.59 Å². The molecule has 1 aromatic carbocycles. The van der Waals surface area contributed by atoms with E-state index in [0.29, 0.717) is 18.7 Å². The normalized spacial score (nSPS) is 10.5. The van der Waals surface area contributed by atoms with Gasteiger partial charge in [0, 0.05) is 13.1 Å². The van der Waals surface area contributed by atoms with E-state index in [2.05, 4.69) is 29.6 Å². The third kappa shape index (κ3) is 4.92. The van der Waals surface area contributed by atoms with Gasteiger partial charge in [-0.05, 0) is 18.4 Å². The monoisotopic (exact) mass is 343 g/mol. The van der Waals surface area contributed by atoms with Crippen LogP contribution < -0.4 is 10.6 Å². The van der Waals surface area contributed by atoms with Crippen LogP contribution in [0.25, 0.3) is 11.1 Å². The molecule has 0 atom stereocenters. The summed E-state index contributed by atoms with van der Waals surface area (Å²) in [6, 6.07) is 9.23. The van der Waals surface area contributed by atoms with Gasteiger partial charge < -0.3 is 15.2 Å². The highest BCUT2D eigenvalue weighted by molar-refractivity contribution is 6.06. The first-order valence-electron chi connectivity index (χ1n) is 8.80. The third-order valence-corrected chi connectivity index (χ3v) is 3.81. The molecule has 1 heterocycles. The second-order valence-electron chi connectivity index (χ2n) is 5.82. The molecule has 0 spiro atoms. The summed E-state index contributed by atoms with van der Waals surface area (Å²) in [5.41, 5.74) is 1.30. The Hall–Kier alpha value is -2.63. The third-order valence-electron chi connectivity index (χ3n) is 3.81. The molecule has 0 fully saturated rings. The van der Waals surface area contributed by atoms with Crippen LogP contribution in [-0.2, 0) is 0 Å². The minimum atomic E-state index is -0.354. The largest absolute Gasteiger partial charge is 0.351 e. The zero-order valence-corrected chi connectivity index (χ0v) is 14.8. The van der Waals surface area contributed by atoms with Gasteiger partial charge in [0.1, 0.15) is 0 Å². The standard InChI is InChI=1S/C19H25N3O3/c1-3-5-12-20-18(23)16-15(14-10-8-7-9-11-14)17(25-22-16)19(24)21-13-6-4-2/h7-11H,3-6,12-13H2,1-2H3,(H,20,23)(H,21,24). The topological polar surface area (TPSA) is 84.2 Å². The zero-order chi connectivity index (χ0) is 18.1. The first kappa shape index (κ1) is 18.7. The Bertz CT molecular complexity index is 656. The molecule has 0 saturated carbocycles. The predicted octanol–water partition coefficient (Wildman–Crippen LogP) is 3.40. The van der Waals surface area contributed by atoms with Crippen molar-refractivity contribution < 1.29 is 14.1 Å². The fourth-order valence-corrected chi connectivity index (χ4v) is 2.39. The van der Waals surface area contributed by atoms with Crippen molar-refractivity contribution in [1.82, 2.24) is 15.8 Å². The Morgan fingerprint density at radius 3 is 2.16 bits per heavy atom. The lowest BCUT2D eigenvalue weighted by Crippen LogP contribution is -2.26. The van der Waals surface area contributed by atoms with E-state index < -0.39 is 0 Å². The zero-order valence-electron chi connectivity index (χ0n) is 14.8. The van der Waals surface area contributed by atoms with Crippen LogP contribution in [0.5, 0.6) is 0 Å². The van der Waals surface area contributed by atoms with E-state index in [1.807, 2.05) is 30.3 Å². The summed E-state index contributed by atoms with van der Waals surface area (Å²) in [6.45, 7) is 5.22. The summed E-state index contributed by atoms with van der Waals surface area (Å²) >= 11 is 0. The van der Waals surface area contributed by atoms with Crippen molar-refractivity contribution in [2.45, 2.75) is 39.5 Å². The van der Waals surface area contributed by atoms with Gasteiger partial charge in [-0.15, -0.1) is 0 Å². The van der Waals surface area contributed by atoms with Crippen LogP contribution in [0.15, 0.2) is 34.9 Å². The predicted molar refractivity (Wildman–Crippen MR) is 96.4 cm³/mol. The molecule has 2 aromatic rings. The van der Waals surface area contributed by atoms with Crippen LogP contribution in [0.3, 0.4) is 0 Å². The molecule has 6 heteroatoms. The number of hydrogen-bond acceptors (Lipinski definition) is 4. The number of hydrogen-bond donors (Lipinski definition) is 2. The quantitative estimate of drug-likeness (QED) is 0.684. The Kier molecular flexibility index (Phi) is 7.19. The van der Waals surface area contributed by atoms with E-state index >= 15 is 0 Å². The fraction of sp³-hybridized carbons (Fsp3) is 0.421. The lowest BCUT2D eigenvalue weighted by Gasteiger charge is -2.06. The van der Waals surface area contributed by atoms with Gasteiger partial charge in [-0.1, -0.05) is 62.2 Å². The lowest BCUT2D eigenvalue weighted by molar-refractivity contribution is 0.0908. The SMILES string of the molecule is CCCCNC(=O)c1noc(C(=O)NCCCC)c1-c1ccccc1. The maximum atomic E-state index is 12.4. The molecule has 25 heavy (non-hydrogen) atoms. The average molecular weight is 343 g/mol. The molecule has 0 radical (unpaired) electrons. The number of nitrogens with zero attached hydrogens (tertiary/aromatic N) is 1. The van der Waals surface area contributed by atoms with Gasteiger partial charge in [-0.2, -0.15) is 0 Å². The second kappa shape index (κ2) is 9.61. The van der Waals surface area contributed by atoms with Crippen molar-refractivity contribution in [3.05, 3.63) is 41.8 Å². The van der Waals surface area contributed by atoms with Gasteiger partial charge >= 0.3 is 0 Å². The Labute approximate surface area is 148 Å². The molecule has 2 amide bonds. The van der Waals surface area contributed by atoms with E-state index in [-0.39, 0.29) is 23.3 Å². The number of carbonyl (C=O) groups excluding carboxylic acids is 2. The molecule has 0 unspecified atom stereocenters. The van der Waals surface area contributed by atoms with Crippen molar-refractivity contribution in [1.29, 1.82) is 0 Å². The molecular formula is C19H25N3O3. The van der Waals surface area contributed by atoms with Crippen LogP contribution >= 0.6 is 0 Å². The van der Waals surface area contributed by atoms with E-state index in [0.717, 1.165) is 31.2 Å². The minimum Gasteiger partial charge on any atom is -0.351 e. The van der Waals surface area contributed by atoms with Gasteiger partial charge in [0.25, 0.3) is 11.8 Å². The number of aromatic nitrogens is 1. The van der Waals surface area contributed by atoms with Crippen LogP contribution in [0.4, 0.5) is 0 Å². The Morgan fingerprint density at radius 2 is 1.56 bits per heavy atom. The van der Waals surface area contributed by atoms with Gasteiger partial charge in [0.2, 0.25) is 5.76 Å². The number of nitrogens with one attached hydrogen (secondary N) is 2. The van der Waals surface area contributed by atoms with Gasteiger partial charge in [-0.25, -0.2) is 0 Å². The summed E-state index contributed by atoms with van der Waals surface area (Å²) in [6.07, 6.45) is 3.72. The van der Waals surface area contributed by atoms with Crippen LogP contribution in [0.2, 0.25) is 0 Å². The molecule has 0 aliphatic heterocycles. The molecule has 0 bridgehead atoms. The number of benzene rings is 1. The number of carbonyl (C=O) groups is 2. The molecule has 2 rings (SSSR count). The maximum absolute atomic E-state index is 12.4. The average Bonchev–Trinajstić information content (AvgIpc) is 3.08. The minimum absolute atomic E-state index is 0.0722. The van der Waals surface area contributed by atoms with Gasteiger partial charge in [0.15, 0.2) is 5.69 Å². The fourth-order valence-electron chi connectivity index (χ4n) is 2.39. The van der Waals surface area contributed by atoms with E-state index in [4.69, 9.17) is 4.52 Å². The molecule has 0 aliphatic rings. The number of unbranched alkanes of at least 4 members (excludes halogenated alkanes) is 2.